The first-order valence-corrected chi connectivity index (χ1v) is 6.99. The molecule has 1 amide bonds. The monoisotopic (exact) mass is 282 g/mol. The van der Waals surface area contributed by atoms with Gasteiger partial charge in [-0.15, -0.1) is 0 Å². The molecule has 0 aromatic heterocycles. The predicted octanol–water partition coefficient (Wildman–Crippen LogP) is 2.63. The van der Waals surface area contributed by atoms with E-state index in [0.29, 0.717) is 0 Å². The molecule has 3 nitrogen and oxygen atoms in total. The Morgan fingerprint density at radius 3 is 2.55 bits per heavy atom. The van der Waals surface area contributed by atoms with E-state index in [2.05, 4.69) is 5.32 Å². The van der Waals surface area contributed by atoms with Gasteiger partial charge in [0.05, 0.1) is 6.04 Å². The van der Waals surface area contributed by atoms with Gasteiger partial charge in [0, 0.05) is 24.7 Å². The highest BCUT2D eigenvalue weighted by molar-refractivity contribution is 5.81. The van der Waals surface area contributed by atoms with Crippen LogP contribution in [0.15, 0.2) is 18.2 Å². The zero-order valence-electron chi connectivity index (χ0n) is 11.8. The number of benzene rings is 1. The normalized spacial score (nSPS) is 18.1. The smallest absolute Gasteiger partial charge is 0.239 e. The molecule has 0 bridgehead atoms. The molecule has 1 aliphatic heterocycles. The molecule has 1 aliphatic rings. The van der Waals surface area contributed by atoms with Gasteiger partial charge in [0.15, 0.2) is 11.6 Å². The fourth-order valence-corrected chi connectivity index (χ4v) is 2.60. The fraction of sp³-hybridized carbons (Fsp3) is 0.533. The number of nitrogens with zero attached hydrogens (tertiary/aromatic N) is 1. The van der Waals surface area contributed by atoms with Crippen molar-refractivity contribution in [2.75, 3.05) is 13.1 Å². The lowest BCUT2D eigenvalue weighted by atomic mass is 10.1. The number of carbonyl (C=O) groups is 1. The van der Waals surface area contributed by atoms with Crippen molar-refractivity contribution in [2.24, 2.45) is 0 Å². The first-order chi connectivity index (χ1) is 9.50. The molecule has 2 atom stereocenters. The van der Waals surface area contributed by atoms with Crippen molar-refractivity contribution in [3.63, 3.8) is 0 Å². The molecule has 1 fully saturated rings. The van der Waals surface area contributed by atoms with Gasteiger partial charge in [-0.1, -0.05) is 12.1 Å². The summed E-state index contributed by atoms with van der Waals surface area (Å²) in [5.41, 5.74) is 0.242. The minimum Gasteiger partial charge on any atom is -0.341 e. The number of carbonyl (C=O) groups excluding carboxylic acids is 1. The van der Waals surface area contributed by atoms with Gasteiger partial charge in [-0.2, -0.15) is 0 Å². The average molecular weight is 282 g/mol. The Bertz CT molecular complexity index is 487. The topological polar surface area (TPSA) is 32.3 Å². The highest BCUT2D eigenvalue weighted by Crippen LogP contribution is 2.20. The standard InChI is InChI=1S/C15H20F2N2O/c1-10(12-6-5-7-13(16)14(12)17)18-11(2)15(20)19-8-3-4-9-19/h5-7,10-11,18H,3-4,8-9H2,1-2H3. The third kappa shape index (κ3) is 3.15. The molecule has 1 aromatic rings. The lowest BCUT2D eigenvalue weighted by molar-refractivity contribution is -0.132. The Morgan fingerprint density at radius 1 is 1.25 bits per heavy atom. The number of hydrogen-bond acceptors (Lipinski definition) is 2. The van der Waals surface area contributed by atoms with Crippen LogP contribution in [-0.4, -0.2) is 29.9 Å². The summed E-state index contributed by atoms with van der Waals surface area (Å²) >= 11 is 0. The summed E-state index contributed by atoms with van der Waals surface area (Å²) in [6.45, 7) is 5.06. The van der Waals surface area contributed by atoms with Crippen LogP contribution in [0.2, 0.25) is 0 Å². The number of nitrogens with one attached hydrogen (secondary N) is 1. The maximum Gasteiger partial charge on any atom is 0.239 e. The molecule has 0 radical (unpaired) electrons. The molecule has 1 N–H and O–H groups in total. The number of rotatable bonds is 4. The van der Waals surface area contributed by atoms with Crippen molar-refractivity contribution >= 4 is 5.91 Å². The van der Waals surface area contributed by atoms with Gasteiger partial charge in [0.25, 0.3) is 0 Å². The minimum atomic E-state index is -0.866. The van der Waals surface area contributed by atoms with Gasteiger partial charge in [-0.3, -0.25) is 10.1 Å². The van der Waals surface area contributed by atoms with Crippen LogP contribution in [0, 0.1) is 11.6 Å². The highest BCUT2D eigenvalue weighted by Gasteiger charge is 2.25. The second kappa shape index (κ2) is 6.31. The van der Waals surface area contributed by atoms with Crippen LogP contribution in [0.5, 0.6) is 0 Å². The molecule has 1 aromatic carbocycles. The summed E-state index contributed by atoms with van der Waals surface area (Å²) in [6.07, 6.45) is 2.07. The largest absolute Gasteiger partial charge is 0.341 e. The Morgan fingerprint density at radius 2 is 1.90 bits per heavy atom. The molecule has 110 valence electrons. The van der Waals surface area contributed by atoms with Crippen molar-refractivity contribution in [3.8, 4) is 0 Å². The molecule has 0 saturated carbocycles. The quantitative estimate of drug-likeness (QED) is 0.920. The van der Waals surface area contributed by atoms with E-state index in [1.54, 1.807) is 13.8 Å². The number of hydrogen-bond donors (Lipinski definition) is 1. The Kier molecular flexibility index (Phi) is 4.70. The molecule has 5 heteroatoms. The Balaban J connectivity index is 2.01. The third-order valence-corrected chi connectivity index (χ3v) is 3.74. The highest BCUT2D eigenvalue weighted by atomic mass is 19.2. The zero-order valence-corrected chi connectivity index (χ0v) is 11.8. The van der Waals surface area contributed by atoms with Crippen LogP contribution in [0.25, 0.3) is 0 Å². The van der Waals surface area contributed by atoms with Crippen molar-refractivity contribution in [1.82, 2.24) is 10.2 Å². The third-order valence-electron chi connectivity index (χ3n) is 3.74. The van der Waals surface area contributed by atoms with Crippen molar-refractivity contribution in [1.29, 1.82) is 0 Å². The van der Waals surface area contributed by atoms with Gasteiger partial charge >= 0.3 is 0 Å². The van der Waals surface area contributed by atoms with Crippen LogP contribution in [0.4, 0.5) is 8.78 Å². The second-order valence-electron chi connectivity index (χ2n) is 5.29. The molecule has 1 saturated heterocycles. The van der Waals surface area contributed by atoms with E-state index in [9.17, 15) is 13.6 Å². The van der Waals surface area contributed by atoms with E-state index >= 15 is 0 Å². The van der Waals surface area contributed by atoms with Crippen LogP contribution in [-0.2, 0) is 4.79 Å². The van der Waals surface area contributed by atoms with E-state index < -0.39 is 23.7 Å². The lowest BCUT2D eigenvalue weighted by Gasteiger charge is -2.24. The number of halogens is 2. The van der Waals surface area contributed by atoms with Crippen molar-refractivity contribution in [2.45, 2.75) is 38.8 Å². The van der Waals surface area contributed by atoms with Crippen LogP contribution in [0.1, 0.15) is 38.3 Å². The Hall–Kier alpha value is -1.49. The summed E-state index contributed by atoms with van der Waals surface area (Å²) in [6, 6.07) is 3.25. The first kappa shape index (κ1) is 14.9. The maximum absolute atomic E-state index is 13.7. The summed E-state index contributed by atoms with van der Waals surface area (Å²) in [5, 5.41) is 3.04. The van der Waals surface area contributed by atoms with E-state index in [1.165, 1.54) is 12.1 Å². The van der Waals surface area contributed by atoms with Crippen LogP contribution < -0.4 is 5.32 Å². The van der Waals surface area contributed by atoms with Crippen LogP contribution >= 0.6 is 0 Å². The second-order valence-corrected chi connectivity index (χ2v) is 5.29. The van der Waals surface area contributed by atoms with Gasteiger partial charge in [0.1, 0.15) is 0 Å². The summed E-state index contributed by atoms with van der Waals surface area (Å²) in [5.74, 6) is -1.70. The summed E-state index contributed by atoms with van der Waals surface area (Å²) in [7, 11) is 0. The van der Waals surface area contributed by atoms with Crippen molar-refractivity contribution in [3.05, 3.63) is 35.4 Å². The van der Waals surface area contributed by atoms with Gasteiger partial charge in [-0.25, -0.2) is 8.78 Å². The first-order valence-electron chi connectivity index (χ1n) is 6.99. The van der Waals surface area contributed by atoms with E-state index in [1.807, 2.05) is 4.90 Å². The number of likely N-dealkylation sites (tertiary alicyclic amines) is 1. The predicted molar refractivity (Wildman–Crippen MR) is 73.2 cm³/mol. The molecular weight excluding hydrogens is 262 g/mol. The zero-order chi connectivity index (χ0) is 14.7. The molecule has 2 unspecified atom stereocenters. The minimum absolute atomic E-state index is 0.0196. The fourth-order valence-electron chi connectivity index (χ4n) is 2.60. The van der Waals surface area contributed by atoms with Gasteiger partial charge in [-0.05, 0) is 32.8 Å². The maximum atomic E-state index is 13.7. The number of amides is 1. The SMILES string of the molecule is CC(NC(C)c1cccc(F)c1F)C(=O)N1CCCC1. The van der Waals surface area contributed by atoms with Gasteiger partial charge < -0.3 is 4.90 Å². The molecular formula is C15H20F2N2O. The molecule has 20 heavy (non-hydrogen) atoms. The lowest BCUT2D eigenvalue weighted by Crippen LogP contribution is -2.44. The van der Waals surface area contributed by atoms with Gasteiger partial charge in [0.2, 0.25) is 5.91 Å². The Labute approximate surface area is 118 Å². The summed E-state index contributed by atoms with van der Waals surface area (Å²) in [4.78, 5) is 14.0. The van der Waals surface area contributed by atoms with E-state index in [0.717, 1.165) is 32.0 Å². The van der Waals surface area contributed by atoms with Crippen LogP contribution in [0.3, 0.4) is 0 Å². The van der Waals surface area contributed by atoms with E-state index in [4.69, 9.17) is 0 Å². The molecule has 0 spiro atoms. The molecule has 0 aliphatic carbocycles. The van der Waals surface area contributed by atoms with Crippen molar-refractivity contribution < 1.29 is 13.6 Å². The average Bonchev–Trinajstić information content (AvgIpc) is 2.94. The molecule has 2 rings (SSSR count). The van der Waals surface area contributed by atoms with E-state index in [-0.39, 0.29) is 11.5 Å². The summed E-state index contributed by atoms with van der Waals surface area (Å²) < 4.78 is 26.9. The molecule has 1 heterocycles.